The van der Waals surface area contributed by atoms with Crippen LogP contribution in [0, 0.1) is 25.2 Å². The van der Waals surface area contributed by atoms with Gasteiger partial charge in [-0.2, -0.15) is 5.26 Å². The van der Waals surface area contributed by atoms with Gasteiger partial charge in [0.1, 0.15) is 11.9 Å². The fourth-order valence-corrected chi connectivity index (χ4v) is 3.33. The van der Waals surface area contributed by atoms with Crippen LogP contribution in [0.15, 0.2) is 42.5 Å². The summed E-state index contributed by atoms with van der Waals surface area (Å²) in [7, 11) is 0. The number of hydrogen-bond donors (Lipinski definition) is 1. The van der Waals surface area contributed by atoms with Gasteiger partial charge < -0.3 is 15.0 Å². The maximum Gasteiger partial charge on any atom is 0.321 e. The number of likely N-dealkylation sites (tertiary alicyclic amines) is 1. The molecular formula is C22H25N3O2. The van der Waals surface area contributed by atoms with E-state index >= 15 is 0 Å². The van der Waals surface area contributed by atoms with Gasteiger partial charge in [0, 0.05) is 31.6 Å². The maximum atomic E-state index is 12.5. The molecule has 1 saturated heterocycles. The van der Waals surface area contributed by atoms with Crippen molar-refractivity contribution in [3.63, 3.8) is 0 Å². The molecule has 1 aliphatic rings. The molecule has 0 atom stereocenters. The van der Waals surface area contributed by atoms with E-state index < -0.39 is 0 Å². The van der Waals surface area contributed by atoms with E-state index in [1.165, 1.54) is 0 Å². The maximum absolute atomic E-state index is 12.5. The molecule has 1 N–H and O–H groups in total. The van der Waals surface area contributed by atoms with Crippen molar-refractivity contribution in [2.24, 2.45) is 0 Å². The zero-order valence-corrected chi connectivity index (χ0v) is 15.9. The predicted octanol–water partition coefficient (Wildman–Crippen LogP) is 4.44. The molecule has 0 aromatic heterocycles. The van der Waals surface area contributed by atoms with Gasteiger partial charge in [-0.15, -0.1) is 0 Å². The number of nitrogens with zero attached hydrogens (tertiary/aromatic N) is 2. The van der Waals surface area contributed by atoms with Crippen molar-refractivity contribution in [1.82, 2.24) is 4.90 Å². The lowest BCUT2D eigenvalue weighted by Crippen LogP contribution is -2.43. The Hall–Kier alpha value is -3.00. The second-order valence-corrected chi connectivity index (χ2v) is 6.99. The summed E-state index contributed by atoms with van der Waals surface area (Å²) in [5.74, 6) is 0.970. The third-order valence-corrected chi connectivity index (χ3v) is 4.91. The number of nitrogens with one attached hydrogen (secondary N) is 1. The first-order valence-electron chi connectivity index (χ1n) is 9.31. The van der Waals surface area contributed by atoms with Gasteiger partial charge in [0.25, 0.3) is 0 Å². The molecule has 0 spiro atoms. The highest BCUT2D eigenvalue weighted by molar-refractivity contribution is 5.89. The van der Waals surface area contributed by atoms with Gasteiger partial charge in [-0.25, -0.2) is 4.79 Å². The van der Waals surface area contributed by atoms with Crippen molar-refractivity contribution >= 4 is 11.7 Å². The topological polar surface area (TPSA) is 65.4 Å². The Morgan fingerprint density at radius 1 is 1.15 bits per heavy atom. The number of hydrogen-bond acceptors (Lipinski definition) is 3. The van der Waals surface area contributed by atoms with Crippen molar-refractivity contribution < 1.29 is 9.53 Å². The molecule has 1 aliphatic heterocycles. The molecule has 0 aliphatic carbocycles. The number of aryl methyl sites for hydroxylation is 2. The Labute approximate surface area is 160 Å². The van der Waals surface area contributed by atoms with Gasteiger partial charge in [0.2, 0.25) is 0 Å². The number of nitriles is 1. The third kappa shape index (κ3) is 4.79. The fourth-order valence-electron chi connectivity index (χ4n) is 3.33. The van der Waals surface area contributed by atoms with Crippen LogP contribution >= 0.6 is 0 Å². The van der Waals surface area contributed by atoms with E-state index in [-0.39, 0.29) is 12.1 Å². The summed E-state index contributed by atoms with van der Waals surface area (Å²) in [5, 5.41) is 11.6. The molecule has 3 rings (SSSR count). The third-order valence-electron chi connectivity index (χ3n) is 4.91. The van der Waals surface area contributed by atoms with Crippen LogP contribution in [0.1, 0.15) is 29.5 Å². The van der Waals surface area contributed by atoms with Crippen molar-refractivity contribution in [2.75, 3.05) is 18.4 Å². The molecule has 27 heavy (non-hydrogen) atoms. The molecule has 2 aromatic carbocycles. The molecule has 1 heterocycles. The molecular weight excluding hydrogens is 338 g/mol. The lowest BCUT2D eigenvalue weighted by atomic mass is 10.1. The van der Waals surface area contributed by atoms with Crippen LogP contribution in [-0.2, 0) is 6.42 Å². The average Bonchev–Trinajstić information content (AvgIpc) is 2.67. The summed E-state index contributed by atoms with van der Waals surface area (Å²) in [6, 6.07) is 15.6. The van der Waals surface area contributed by atoms with E-state index in [1.807, 2.05) is 35.2 Å². The van der Waals surface area contributed by atoms with Crippen molar-refractivity contribution in [3.05, 3.63) is 59.2 Å². The Balaban J connectivity index is 1.51. The standard InChI is InChI=1S/C22H25N3O2/c1-16-4-3-5-17(2)21(16)27-20-11-14-25(15-12-20)22(26)24-19-8-6-18(7-9-19)10-13-23/h3-9,20H,10-12,14-15H2,1-2H3,(H,24,26). The fraction of sp³-hybridized carbons (Fsp3) is 0.364. The lowest BCUT2D eigenvalue weighted by molar-refractivity contribution is 0.114. The molecule has 2 aromatic rings. The van der Waals surface area contributed by atoms with Crippen LogP contribution in [0.3, 0.4) is 0 Å². The van der Waals surface area contributed by atoms with Gasteiger partial charge in [0.15, 0.2) is 0 Å². The molecule has 0 saturated carbocycles. The van der Waals surface area contributed by atoms with Crippen molar-refractivity contribution in [3.8, 4) is 11.8 Å². The van der Waals surface area contributed by atoms with Crippen LogP contribution in [0.2, 0.25) is 0 Å². The van der Waals surface area contributed by atoms with Crippen LogP contribution < -0.4 is 10.1 Å². The summed E-state index contributed by atoms with van der Waals surface area (Å²) in [5.41, 5.74) is 3.99. The van der Waals surface area contributed by atoms with Gasteiger partial charge in [-0.3, -0.25) is 0 Å². The minimum atomic E-state index is -0.0893. The van der Waals surface area contributed by atoms with E-state index in [9.17, 15) is 4.79 Å². The Morgan fingerprint density at radius 3 is 2.37 bits per heavy atom. The van der Waals surface area contributed by atoms with Crippen LogP contribution in [0.5, 0.6) is 5.75 Å². The molecule has 2 amide bonds. The number of rotatable bonds is 4. The molecule has 0 radical (unpaired) electrons. The first-order valence-corrected chi connectivity index (χ1v) is 9.31. The normalized spacial score (nSPS) is 14.5. The largest absolute Gasteiger partial charge is 0.490 e. The predicted molar refractivity (Wildman–Crippen MR) is 106 cm³/mol. The first-order chi connectivity index (χ1) is 13.1. The second-order valence-electron chi connectivity index (χ2n) is 6.99. The summed E-state index contributed by atoms with van der Waals surface area (Å²) in [6.45, 7) is 5.47. The lowest BCUT2D eigenvalue weighted by Gasteiger charge is -2.32. The monoisotopic (exact) mass is 363 g/mol. The summed E-state index contributed by atoms with van der Waals surface area (Å²) in [6.07, 6.45) is 2.16. The smallest absolute Gasteiger partial charge is 0.321 e. The second kappa shape index (κ2) is 8.59. The minimum Gasteiger partial charge on any atom is -0.490 e. The van der Waals surface area contributed by atoms with Gasteiger partial charge in [-0.1, -0.05) is 30.3 Å². The molecule has 140 valence electrons. The number of para-hydroxylation sites is 1. The van der Waals surface area contributed by atoms with E-state index in [0.29, 0.717) is 19.5 Å². The molecule has 0 unspecified atom stereocenters. The van der Waals surface area contributed by atoms with E-state index in [4.69, 9.17) is 10.00 Å². The Bertz CT molecular complexity index is 811. The van der Waals surface area contributed by atoms with Crippen LogP contribution in [0.4, 0.5) is 10.5 Å². The zero-order valence-electron chi connectivity index (χ0n) is 15.9. The average molecular weight is 363 g/mol. The minimum absolute atomic E-state index is 0.0893. The van der Waals surface area contributed by atoms with Crippen molar-refractivity contribution in [2.45, 2.75) is 39.2 Å². The van der Waals surface area contributed by atoms with Crippen LogP contribution in [-0.4, -0.2) is 30.1 Å². The number of amides is 2. The quantitative estimate of drug-likeness (QED) is 0.873. The Kier molecular flexibility index (Phi) is 5.97. The first kappa shape index (κ1) is 18.8. The SMILES string of the molecule is Cc1cccc(C)c1OC1CCN(C(=O)Nc2ccc(CC#N)cc2)CC1. The molecule has 1 fully saturated rings. The summed E-state index contributed by atoms with van der Waals surface area (Å²) >= 11 is 0. The number of piperidine rings is 1. The number of anilines is 1. The molecule has 0 bridgehead atoms. The highest BCUT2D eigenvalue weighted by Crippen LogP contribution is 2.26. The highest BCUT2D eigenvalue weighted by Gasteiger charge is 2.24. The Morgan fingerprint density at radius 2 is 1.78 bits per heavy atom. The number of carbonyl (C=O) groups is 1. The van der Waals surface area contributed by atoms with Crippen LogP contribution in [0.25, 0.3) is 0 Å². The molecule has 5 heteroatoms. The molecule has 5 nitrogen and oxygen atoms in total. The van der Waals surface area contributed by atoms with Gasteiger partial charge >= 0.3 is 6.03 Å². The highest BCUT2D eigenvalue weighted by atomic mass is 16.5. The number of urea groups is 1. The van der Waals surface area contributed by atoms with E-state index in [2.05, 4.69) is 37.4 Å². The summed E-state index contributed by atoms with van der Waals surface area (Å²) < 4.78 is 6.21. The van der Waals surface area contributed by atoms with Gasteiger partial charge in [0.05, 0.1) is 12.5 Å². The van der Waals surface area contributed by atoms with Gasteiger partial charge in [-0.05, 0) is 42.7 Å². The zero-order chi connectivity index (χ0) is 19.2. The van der Waals surface area contributed by atoms with E-state index in [0.717, 1.165) is 41.0 Å². The van der Waals surface area contributed by atoms with Crippen molar-refractivity contribution in [1.29, 1.82) is 5.26 Å². The van der Waals surface area contributed by atoms with E-state index in [1.54, 1.807) is 0 Å². The number of benzene rings is 2. The number of ether oxygens (including phenoxy) is 1. The summed E-state index contributed by atoms with van der Waals surface area (Å²) in [4.78, 5) is 14.3. The number of carbonyl (C=O) groups excluding carboxylic acids is 1.